The Morgan fingerprint density at radius 1 is 1.38 bits per heavy atom. The van der Waals surface area contributed by atoms with Crippen molar-refractivity contribution in [2.24, 2.45) is 0 Å². The first-order chi connectivity index (χ1) is 10.2. The number of nitriles is 1. The molecule has 1 aliphatic rings. The van der Waals surface area contributed by atoms with Gasteiger partial charge in [-0.15, -0.1) is 0 Å². The fourth-order valence-corrected chi connectivity index (χ4v) is 2.41. The number of methoxy groups -OCH3 is 1. The second kappa shape index (κ2) is 7.72. The van der Waals surface area contributed by atoms with E-state index < -0.39 is 0 Å². The summed E-state index contributed by atoms with van der Waals surface area (Å²) in [6.45, 7) is 5.42. The summed E-state index contributed by atoms with van der Waals surface area (Å²) in [5.74, 6) is -0.154. The first-order valence-electron chi connectivity index (χ1n) is 7.08. The number of carbonyl (C=O) groups is 1. The molecule has 6 heteroatoms. The van der Waals surface area contributed by atoms with Crippen molar-refractivity contribution < 1.29 is 9.53 Å². The number of hydrogen-bond donors (Lipinski definition) is 0. The van der Waals surface area contributed by atoms with Crippen LogP contribution in [0.3, 0.4) is 0 Å². The van der Waals surface area contributed by atoms with Crippen LogP contribution in [0, 0.1) is 11.3 Å². The number of pyridine rings is 1. The van der Waals surface area contributed by atoms with Crippen LogP contribution in [-0.4, -0.2) is 60.6 Å². The highest BCUT2D eigenvalue weighted by molar-refractivity contribution is 5.69. The van der Waals surface area contributed by atoms with Crippen LogP contribution in [0.15, 0.2) is 18.3 Å². The summed E-state index contributed by atoms with van der Waals surface area (Å²) in [6, 6.07) is 5.85. The zero-order valence-corrected chi connectivity index (χ0v) is 12.3. The largest absolute Gasteiger partial charge is 0.469 e. The molecule has 0 aliphatic carbocycles. The van der Waals surface area contributed by atoms with Gasteiger partial charge in [-0.1, -0.05) is 0 Å². The van der Waals surface area contributed by atoms with Crippen LogP contribution in [0.1, 0.15) is 17.7 Å². The van der Waals surface area contributed by atoms with Crippen molar-refractivity contribution in [3.63, 3.8) is 0 Å². The molecular formula is C15H20N4O2. The fourth-order valence-electron chi connectivity index (χ4n) is 2.41. The second-order valence-corrected chi connectivity index (χ2v) is 5.11. The molecule has 0 spiro atoms. The first-order valence-corrected chi connectivity index (χ1v) is 7.08. The summed E-state index contributed by atoms with van der Waals surface area (Å²) in [4.78, 5) is 19.7. The van der Waals surface area contributed by atoms with Crippen LogP contribution >= 0.6 is 0 Å². The lowest BCUT2D eigenvalue weighted by Gasteiger charge is -2.34. The Bertz CT molecular complexity index is 519. The summed E-state index contributed by atoms with van der Waals surface area (Å²) in [5.41, 5.74) is 1.58. The molecule has 1 aromatic heterocycles. The Kier molecular flexibility index (Phi) is 5.67. The van der Waals surface area contributed by atoms with Crippen LogP contribution in [-0.2, 0) is 16.1 Å². The topological polar surface area (TPSA) is 69.5 Å². The van der Waals surface area contributed by atoms with Crippen molar-refractivity contribution in [3.8, 4) is 6.07 Å². The third-order valence-corrected chi connectivity index (χ3v) is 3.67. The van der Waals surface area contributed by atoms with Gasteiger partial charge in [0, 0.05) is 45.5 Å². The fraction of sp³-hybridized carbons (Fsp3) is 0.533. The van der Waals surface area contributed by atoms with E-state index in [1.165, 1.54) is 7.11 Å². The number of esters is 1. The molecule has 0 unspecified atom stereocenters. The van der Waals surface area contributed by atoms with Gasteiger partial charge in [0.05, 0.1) is 13.5 Å². The molecule has 0 radical (unpaired) electrons. The summed E-state index contributed by atoms with van der Waals surface area (Å²) in [5, 5.41) is 8.86. The molecule has 0 atom stereocenters. The Balaban J connectivity index is 1.76. The van der Waals surface area contributed by atoms with Crippen LogP contribution < -0.4 is 0 Å². The minimum Gasteiger partial charge on any atom is -0.469 e. The van der Waals surface area contributed by atoms with E-state index in [0.29, 0.717) is 12.1 Å². The molecule has 2 heterocycles. The average Bonchev–Trinajstić information content (AvgIpc) is 2.54. The van der Waals surface area contributed by atoms with Crippen molar-refractivity contribution in [3.05, 3.63) is 29.6 Å². The number of carbonyl (C=O) groups excluding carboxylic acids is 1. The first kappa shape index (κ1) is 15.4. The van der Waals surface area contributed by atoms with Crippen molar-refractivity contribution in [1.82, 2.24) is 14.8 Å². The second-order valence-electron chi connectivity index (χ2n) is 5.11. The van der Waals surface area contributed by atoms with E-state index in [9.17, 15) is 4.79 Å². The Hall–Kier alpha value is -1.97. The summed E-state index contributed by atoms with van der Waals surface area (Å²) in [6.07, 6.45) is 2.13. The zero-order chi connectivity index (χ0) is 15.1. The zero-order valence-electron chi connectivity index (χ0n) is 12.3. The predicted octanol–water partition coefficient (Wildman–Crippen LogP) is 0.634. The van der Waals surface area contributed by atoms with Gasteiger partial charge in [0.1, 0.15) is 11.8 Å². The monoisotopic (exact) mass is 288 g/mol. The maximum absolute atomic E-state index is 11.1. The van der Waals surface area contributed by atoms with Gasteiger partial charge >= 0.3 is 5.97 Å². The maximum Gasteiger partial charge on any atom is 0.306 e. The van der Waals surface area contributed by atoms with Crippen LogP contribution in [0.25, 0.3) is 0 Å². The molecular weight excluding hydrogens is 268 g/mol. The molecule has 0 amide bonds. The molecule has 0 aromatic carbocycles. The molecule has 0 bridgehead atoms. The number of piperazine rings is 1. The van der Waals surface area contributed by atoms with E-state index in [2.05, 4.69) is 25.6 Å². The minimum absolute atomic E-state index is 0.154. The molecule has 21 heavy (non-hydrogen) atoms. The molecule has 112 valence electrons. The molecule has 0 N–H and O–H groups in total. The summed E-state index contributed by atoms with van der Waals surface area (Å²) >= 11 is 0. The highest BCUT2D eigenvalue weighted by Gasteiger charge is 2.17. The number of hydrogen-bond acceptors (Lipinski definition) is 6. The van der Waals surface area contributed by atoms with Gasteiger partial charge in [-0.05, 0) is 17.7 Å². The Morgan fingerprint density at radius 2 is 2.10 bits per heavy atom. The molecule has 2 rings (SSSR count). The maximum atomic E-state index is 11.1. The van der Waals surface area contributed by atoms with Crippen LogP contribution in [0.2, 0.25) is 0 Å². The molecule has 1 aliphatic heterocycles. The molecule has 0 saturated carbocycles. The normalized spacial score (nSPS) is 16.4. The molecule has 1 fully saturated rings. The molecule has 1 aromatic rings. The van der Waals surface area contributed by atoms with Gasteiger partial charge in [-0.2, -0.15) is 5.26 Å². The predicted molar refractivity (Wildman–Crippen MR) is 77.3 cm³/mol. The van der Waals surface area contributed by atoms with E-state index >= 15 is 0 Å². The van der Waals surface area contributed by atoms with Crippen molar-refractivity contribution in [1.29, 1.82) is 5.26 Å². The Morgan fingerprint density at radius 3 is 2.76 bits per heavy atom. The third kappa shape index (κ3) is 4.81. The van der Waals surface area contributed by atoms with E-state index in [-0.39, 0.29) is 5.97 Å². The standard InChI is InChI=1S/C15H20N4O2/c1-21-15(20)3-5-18-6-8-19(9-7-18)12-13-2-4-17-14(10-13)11-16/h2,4,10H,3,5-9,12H2,1H3. The lowest BCUT2D eigenvalue weighted by atomic mass is 10.2. The van der Waals surface area contributed by atoms with Gasteiger partial charge in [0.2, 0.25) is 0 Å². The van der Waals surface area contributed by atoms with Gasteiger partial charge < -0.3 is 9.64 Å². The highest BCUT2D eigenvalue weighted by atomic mass is 16.5. The van der Waals surface area contributed by atoms with Gasteiger partial charge in [-0.3, -0.25) is 9.69 Å². The van der Waals surface area contributed by atoms with Gasteiger partial charge in [0.25, 0.3) is 0 Å². The number of aromatic nitrogens is 1. The molecule has 1 saturated heterocycles. The summed E-state index contributed by atoms with van der Waals surface area (Å²) in [7, 11) is 1.42. The SMILES string of the molecule is COC(=O)CCN1CCN(Cc2ccnc(C#N)c2)CC1. The lowest BCUT2D eigenvalue weighted by molar-refractivity contribution is -0.141. The quantitative estimate of drug-likeness (QED) is 0.740. The summed E-state index contributed by atoms with van der Waals surface area (Å²) < 4.78 is 4.65. The third-order valence-electron chi connectivity index (χ3n) is 3.67. The Labute approximate surface area is 124 Å². The van der Waals surface area contributed by atoms with Crippen molar-refractivity contribution in [2.75, 3.05) is 39.8 Å². The molecule has 6 nitrogen and oxygen atoms in total. The smallest absolute Gasteiger partial charge is 0.306 e. The number of nitrogens with zero attached hydrogens (tertiary/aromatic N) is 4. The minimum atomic E-state index is -0.154. The lowest BCUT2D eigenvalue weighted by Crippen LogP contribution is -2.46. The van der Waals surface area contributed by atoms with E-state index in [1.807, 2.05) is 12.1 Å². The number of rotatable bonds is 5. The van der Waals surface area contributed by atoms with E-state index in [0.717, 1.165) is 44.8 Å². The van der Waals surface area contributed by atoms with Crippen LogP contribution in [0.5, 0.6) is 0 Å². The van der Waals surface area contributed by atoms with E-state index in [4.69, 9.17) is 5.26 Å². The van der Waals surface area contributed by atoms with Crippen molar-refractivity contribution >= 4 is 5.97 Å². The van der Waals surface area contributed by atoms with E-state index in [1.54, 1.807) is 6.20 Å². The highest BCUT2D eigenvalue weighted by Crippen LogP contribution is 2.09. The number of ether oxygens (including phenoxy) is 1. The van der Waals surface area contributed by atoms with Gasteiger partial charge in [0.15, 0.2) is 0 Å². The van der Waals surface area contributed by atoms with Crippen LogP contribution in [0.4, 0.5) is 0 Å². The average molecular weight is 288 g/mol. The van der Waals surface area contributed by atoms with Crippen molar-refractivity contribution in [2.45, 2.75) is 13.0 Å². The van der Waals surface area contributed by atoms with Gasteiger partial charge in [-0.25, -0.2) is 4.98 Å².